The van der Waals surface area contributed by atoms with Crippen molar-refractivity contribution >= 4 is 22.8 Å². The van der Waals surface area contributed by atoms with E-state index in [0.29, 0.717) is 24.7 Å². The van der Waals surface area contributed by atoms with E-state index < -0.39 is 0 Å². The zero-order valence-electron chi connectivity index (χ0n) is 15.9. The molecule has 28 heavy (non-hydrogen) atoms. The molecule has 0 atom stereocenters. The lowest BCUT2D eigenvalue weighted by Crippen LogP contribution is -2.48. The second kappa shape index (κ2) is 7.22. The lowest BCUT2D eigenvalue weighted by Gasteiger charge is -2.36. The molecule has 0 bridgehead atoms. The van der Waals surface area contributed by atoms with Crippen molar-refractivity contribution in [2.75, 3.05) is 31.1 Å². The molecule has 0 radical (unpaired) electrons. The van der Waals surface area contributed by atoms with Gasteiger partial charge >= 0.3 is 0 Å². The van der Waals surface area contributed by atoms with Crippen LogP contribution in [0.5, 0.6) is 0 Å². The van der Waals surface area contributed by atoms with Gasteiger partial charge < -0.3 is 14.4 Å². The molecule has 7 nitrogen and oxygen atoms in total. The number of piperazine rings is 1. The van der Waals surface area contributed by atoms with Gasteiger partial charge in [0.05, 0.1) is 11.9 Å². The molecule has 0 spiro atoms. The molecule has 1 aliphatic heterocycles. The summed E-state index contributed by atoms with van der Waals surface area (Å²) in [5, 5.41) is 0. The van der Waals surface area contributed by atoms with Gasteiger partial charge in [-0.25, -0.2) is 9.97 Å². The van der Waals surface area contributed by atoms with E-state index in [1.54, 1.807) is 18.6 Å². The number of rotatable bonds is 3. The van der Waals surface area contributed by atoms with Crippen LogP contribution >= 0.6 is 0 Å². The van der Waals surface area contributed by atoms with Crippen molar-refractivity contribution in [1.82, 2.24) is 24.4 Å². The zero-order chi connectivity index (χ0) is 18.9. The Kier molecular flexibility index (Phi) is 4.43. The SMILES string of the molecule is O=C(c1cnc2c(c1)ncn2C1CCCC1)N1CCN(c2ccncc2)CC1. The highest BCUT2D eigenvalue weighted by molar-refractivity contribution is 5.96. The number of nitrogens with zero attached hydrogens (tertiary/aromatic N) is 6. The molecular weight excluding hydrogens is 352 g/mol. The molecule has 4 heterocycles. The van der Waals surface area contributed by atoms with Crippen LogP contribution < -0.4 is 4.90 Å². The van der Waals surface area contributed by atoms with Crippen LogP contribution in [0.3, 0.4) is 0 Å². The van der Waals surface area contributed by atoms with Gasteiger partial charge in [0.25, 0.3) is 5.91 Å². The number of amides is 1. The Morgan fingerprint density at radius 1 is 1.00 bits per heavy atom. The Bertz CT molecular complexity index is 971. The number of carbonyl (C=O) groups excluding carboxylic acids is 1. The zero-order valence-corrected chi connectivity index (χ0v) is 15.9. The number of pyridine rings is 2. The molecule has 2 fully saturated rings. The van der Waals surface area contributed by atoms with Crippen LogP contribution in [-0.2, 0) is 0 Å². The normalized spacial score (nSPS) is 18.1. The van der Waals surface area contributed by atoms with Gasteiger partial charge in [0, 0.05) is 56.5 Å². The maximum Gasteiger partial charge on any atom is 0.255 e. The molecule has 144 valence electrons. The monoisotopic (exact) mass is 376 g/mol. The second-order valence-electron chi connectivity index (χ2n) is 7.64. The summed E-state index contributed by atoms with van der Waals surface area (Å²) in [6.45, 7) is 3.05. The number of carbonyl (C=O) groups is 1. The van der Waals surface area contributed by atoms with E-state index in [2.05, 4.69) is 24.4 Å². The largest absolute Gasteiger partial charge is 0.368 e. The fourth-order valence-electron chi connectivity index (χ4n) is 4.39. The average Bonchev–Trinajstić information content (AvgIpc) is 3.43. The van der Waals surface area contributed by atoms with Crippen LogP contribution in [0.1, 0.15) is 42.1 Å². The molecule has 0 unspecified atom stereocenters. The summed E-state index contributed by atoms with van der Waals surface area (Å²) in [7, 11) is 0. The molecule has 2 aliphatic rings. The first-order chi connectivity index (χ1) is 13.8. The molecule has 0 N–H and O–H groups in total. The molecule has 1 saturated carbocycles. The molecular formula is C21H24N6O. The summed E-state index contributed by atoms with van der Waals surface area (Å²) in [6.07, 6.45) is 12.1. The van der Waals surface area contributed by atoms with Crippen molar-refractivity contribution in [1.29, 1.82) is 0 Å². The van der Waals surface area contributed by atoms with E-state index in [-0.39, 0.29) is 5.91 Å². The number of aromatic nitrogens is 4. The van der Waals surface area contributed by atoms with Gasteiger partial charge in [-0.05, 0) is 31.0 Å². The topological polar surface area (TPSA) is 67.2 Å². The number of imidazole rings is 1. The summed E-state index contributed by atoms with van der Waals surface area (Å²) in [6, 6.07) is 6.41. The quantitative estimate of drug-likeness (QED) is 0.703. The Balaban J connectivity index is 1.30. The maximum absolute atomic E-state index is 13.0. The Hall–Kier alpha value is -2.96. The van der Waals surface area contributed by atoms with Crippen LogP contribution in [0, 0.1) is 0 Å². The van der Waals surface area contributed by atoms with Crippen LogP contribution in [0.15, 0.2) is 43.1 Å². The first kappa shape index (κ1) is 17.2. The van der Waals surface area contributed by atoms with Crippen LogP contribution in [0.4, 0.5) is 5.69 Å². The fraction of sp³-hybridized carbons (Fsp3) is 0.429. The Morgan fingerprint density at radius 3 is 2.50 bits per heavy atom. The van der Waals surface area contributed by atoms with E-state index in [1.807, 2.05) is 29.4 Å². The van der Waals surface area contributed by atoms with Crippen molar-refractivity contribution in [2.45, 2.75) is 31.7 Å². The highest BCUT2D eigenvalue weighted by atomic mass is 16.2. The maximum atomic E-state index is 13.0. The smallest absolute Gasteiger partial charge is 0.255 e. The van der Waals surface area contributed by atoms with E-state index in [1.165, 1.54) is 25.7 Å². The molecule has 1 saturated heterocycles. The third-order valence-corrected chi connectivity index (χ3v) is 5.97. The van der Waals surface area contributed by atoms with Crippen molar-refractivity contribution < 1.29 is 4.79 Å². The van der Waals surface area contributed by atoms with Crippen LogP contribution in [0.25, 0.3) is 11.2 Å². The number of fused-ring (bicyclic) bond motifs is 1. The van der Waals surface area contributed by atoms with Gasteiger partial charge in [-0.1, -0.05) is 12.8 Å². The predicted octanol–water partition coefficient (Wildman–Crippen LogP) is 2.90. The van der Waals surface area contributed by atoms with Crippen molar-refractivity contribution in [2.24, 2.45) is 0 Å². The lowest BCUT2D eigenvalue weighted by atomic mass is 10.2. The summed E-state index contributed by atoms with van der Waals surface area (Å²) in [5.41, 5.74) is 3.49. The fourth-order valence-corrected chi connectivity index (χ4v) is 4.39. The highest BCUT2D eigenvalue weighted by Crippen LogP contribution is 2.31. The van der Waals surface area contributed by atoms with Gasteiger partial charge in [-0.15, -0.1) is 0 Å². The highest BCUT2D eigenvalue weighted by Gasteiger charge is 2.24. The Labute approximate surface area is 164 Å². The van der Waals surface area contributed by atoms with E-state index >= 15 is 0 Å². The summed E-state index contributed by atoms with van der Waals surface area (Å²) < 4.78 is 2.18. The number of anilines is 1. The van der Waals surface area contributed by atoms with E-state index in [0.717, 1.165) is 29.9 Å². The predicted molar refractivity (Wildman–Crippen MR) is 107 cm³/mol. The molecule has 0 aromatic carbocycles. The average molecular weight is 376 g/mol. The number of hydrogen-bond donors (Lipinski definition) is 0. The van der Waals surface area contributed by atoms with E-state index in [4.69, 9.17) is 0 Å². The number of hydrogen-bond acceptors (Lipinski definition) is 5. The first-order valence-electron chi connectivity index (χ1n) is 10.1. The minimum absolute atomic E-state index is 0.0409. The lowest BCUT2D eigenvalue weighted by molar-refractivity contribution is 0.0746. The Morgan fingerprint density at radius 2 is 1.75 bits per heavy atom. The first-order valence-corrected chi connectivity index (χ1v) is 10.1. The van der Waals surface area contributed by atoms with Crippen molar-refractivity contribution in [3.63, 3.8) is 0 Å². The summed E-state index contributed by atoms with van der Waals surface area (Å²) >= 11 is 0. The minimum atomic E-state index is 0.0409. The summed E-state index contributed by atoms with van der Waals surface area (Å²) in [4.78, 5) is 30.4. The molecule has 3 aromatic heterocycles. The van der Waals surface area contributed by atoms with Gasteiger partial charge in [-0.2, -0.15) is 0 Å². The van der Waals surface area contributed by atoms with Crippen molar-refractivity contribution in [3.8, 4) is 0 Å². The molecule has 1 aliphatic carbocycles. The molecule has 3 aromatic rings. The second-order valence-corrected chi connectivity index (χ2v) is 7.64. The van der Waals surface area contributed by atoms with Gasteiger partial charge in [0.2, 0.25) is 0 Å². The van der Waals surface area contributed by atoms with Gasteiger partial charge in [0.15, 0.2) is 5.65 Å². The summed E-state index contributed by atoms with van der Waals surface area (Å²) in [5.74, 6) is 0.0409. The van der Waals surface area contributed by atoms with Gasteiger partial charge in [-0.3, -0.25) is 9.78 Å². The van der Waals surface area contributed by atoms with Gasteiger partial charge in [0.1, 0.15) is 5.52 Å². The third-order valence-electron chi connectivity index (χ3n) is 5.97. The van der Waals surface area contributed by atoms with E-state index in [9.17, 15) is 4.79 Å². The van der Waals surface area contributed by atoms with Crippen molar-refractivity contribution in [3.05, 3.63) is 48.7 Å². The van der Waals surface area contributed by atoms with Crippen LogP contribution in [0.2, 0.25) is 0 Å². The molecule has 1 amide bonds. The molecule has 7 heteroatoms. The molecule has 5 rings (SSSR count). The standard InChI is InChI=1S/C21H24N6O/c28-21(26-11-9-25(10-12-26)17-5-7-22-8-6-17)16-13-19-20(23-14-16)27(15-24-19)18-3-1-2-4-18/h5-8,13-15,18H,1-4,9-12H2. The van der Waals surface area contributed by atoms with Crippen LogP contribution in [-0.4, -0.2) is 56.5 Å². The third kappa shape index (κ3) is 3.10. The minimum Gasteiger partial charge on any atom is -0.368 e.